The maximum absolute atomic E-state index is 12.3. The highest BCUT2D eigenvalue weighted by atomic mass is 32.2. The maximum atomic E-state index is 12.3. The molecule has 0 unspecified atom stereocenters. The Morgan fingerprint density at radius 1 is 1.25 bits per heavy atom. The summed E-state index contributed by atoms with van der Waals surface area (Å²) in [6.45, 7) is 6.52. The maximum Gasteiger partial charge on any atom is 0.218 e. The van der Waals surface area contributed by atoms with Gasteiger partial charge >= 0.3 is 0 Å². The normalized spacial score (nSPS) is 12.7. The molecule has 6 heteroatoms. The third-order valence-corrected chi connectivity index (χ3v) is 4.77. The first-order chi connectivity index (χ1) is 9.01. The molecule has 0 bridgehead atoms. The second-order valence-electron chi connectivity index (χ2n) is 6.13. The summed E-state index contributed by atoms with van der Waals surface area (Å²) < 4.78 is 26.0. The monoisotopic (exact) mass is 314 g/mol. The van der Waals surface area contributed by atoms with Crippen molar-refractivity contribution in [2.45, 2.75) is 26.5 Å². The molecule has 0 atom stereocenters. The lowest BCUT2D eigenvalue weighted by Crippen LogP contribution is -2.35. The molecule has 0 heterocycles. The van der Waals surface area contributed by atoms with Gasteiger partial charge in [-0.2, -0.15) is 0 Å². The van der Waals surface area contributed by atoms with Crippen LogP contribution < -0.4 is 5.73 Å². The van der Waals surface area contributed by atoms with Crippen molar-refractivity contribution in [2.75, 3.05) is 13.6 Å². The van der Waals surface area contributed by atoms with E-state index >= 15 is 0 Å². The van der Waals surface area contributed by atoms with Gasteiger partial charge in [0.15, 0.2) is 0 Å². The molecule has 0 radical (unpaired) electrons. The summed E-state index contributed by atoms with van der Waals surface area (Å²) in [7, 11) is -1.70. The Balaban J connectivity index is 2.83. The van der Waals surface area contributed by atoms with Gasteiger partial charge in [-0.15, -0.1) is 0 Å². The quantitative estimate of drug-likeness (QED) is 0.846. The van der Waals surface area contributed by atoms with Crippen molar-refractivity contribution in [1.82, 2.24) is 4.31 Å². The molecule has 0 saturated carbocycles. The number of hydrogen-bond donors (Lipinski definition) is 1. The van der Waals surface area contributed by atoms with Crippen molar-refractivity contribution in [2.24, 2.45) is 11.1 Å². The topological polar surface area (TPSA) is 63.4 Å². The average Bonchev–Trinajstić information content (AvgIpc) is 2.26. The summed E-state index contributed by atoms with van der Waals surface area (Å²) >= 11 is 4.87. The zero-order chi connectivity index (χ0) is 15.6. The van der Waals surface area contributed by atoms with E-state index in [9.17, 15) is 8.42 Å². The van der Waals surface area contributed by atoms with Crippen LogP contribution in [0.2, 0.25) is 0 Å². The Morgan fingerprint density at radius 3 is 2.15 bits per heavy atom. The molecule has 1 aromatic rings. The van der Waals surface area contributed by atoms with Crippen LogP contribution >= 0.6 is 12.2 Å². The van der Waals surface area contributed by atoms with Crippen LogP contribution in [0.15, 0.2) is 24.3 Å². The molecule has 112 valence electrons. The Hall–Kier alpha value is -0.980. The zero-order valence-corrected chi connectivity index (χ0v) is 14.0. The van der Waals surface area contributed by atoms with E-state index in [0.717, 1.165) is 11.1 Å². The summed E-state index contributed by atoms with van der Waals surface area (Å²) in [5.41, 5.74) is 6.91. The SMILES string of the molecule is CN(CC(C)(C)C)S(=O)(=O)Cc1ccc(C(N)=S)cc1. The number of benzene rings is 1. The fraction of sp³-hybridized carbons (Fsp3) is 0.500. The predicted octanol–water partition coefficient (Wildman–Crippen LogP) is 2.13. The van der Waals surface area contributed by atoms with Gasteiger partial charge in [-0.25, -0.2) is 12.7 Å². The number of nitrogens with zero attached hydrogens (tertiary/aromatic N) is 1. The molecule has 0 saturated heterocycles. The lowest BCUT2D eigenvalue weighted by molar-refractivity contribution is 0.310. The Labute approximate surface area is 127 Å². The first kappa shape index (κ1) is 17.1. The molecule has 2 N–H and O–H groups in total. The smallest absolute Gasteiger partial charge is 0.218 e. The highest BCUT2D eigenvalue weighted by Gasteiger charge is 2.23. The molecule has 0 fully saturated rings. The zero-order valence-electron chi connectivity index (χ0n) is 12.4. The number of rotatable bonds is 5. The predicted molar refractivity (Wildman–Crippen MR) is 87.0 cm³/mol. The van der Waals surface area contributed by atoms with E-state index in [1.807, 2.05) is 20.8 Å². The van der Waals surface area contributed by atoms with E-state index < -0.39 is 10.0 Å². The van der Waals surface area contributed by atoms with Gasteiger partial charge in [-0.1, -0.05) is 57.3 Å². The fourth-order valence-corrected chi connectivity index (χ4v) is 3.41. The van der Waals surface area contributed by atoms with Crippen LogP contribution in [0.1, 0.15) is 31.9 Å². The van der Waals surface area contributed by atoms with Crippen LogP contribution in [0.5, 0.6) is 0 Å². The van der Waals surface area contributed by atoms with Gasteiger partial charge in [-0.05, 0) is 11.0 Å². The van der Waals surface area contributed by atoms with Crippen LogP contribution in [0, 0.1) is 5.41 Å². The van der Waals surface area contributed by atoms with Crippen LogP contribution in [-0.4, -0.2) is 31.3 Å². The summed E-state index contributed by atoms with van der Waals surface area (Å²) in [5, 5.41) is 0. The minimum absolute atomic E-state index is 0.0167. The molecular weight excluding hydrogens is 292 g/mol. The molecule has 0 aliphatic rings. The van der Waals surface area contributed by atoms with E-state index in [4.69, 9.17) is 18.0 Å². The first-order valence-corrected chi connectivity index (χ1v) is 8.36. The molecule has 0 aliphatic heterocycles. The standard InChI is InChI=1S/C14H22N2O2S2/c1-14(2,3)10-16(4)20(17,18)9-11-5-7-12(8-6-11)13(15)19/h5-8H,9-10H2,1-4H3,(H2,15,19). The number of hydrogen-bond acceptors (Lipinski definition) is 3. The van der Waals surface area contributed by atoms with Gasteiger partial charge in [0.2, 0.25) is 10.0 Å². The lowest BCUT2D eigenvalue weighted by Gasteiger charge is -2.26. The van der Waals surface area contributed by atoms with E-state index in [-0.39, 0.29) is 11.2 Å². The van der Waals surface area contributed by atoms with E-state index in [2.05, 4.69) is 0 Å². The Morgan fingerprint density at radius 2 is 1.75 bits per heavy atom. The van der Waals surface area contributed by atoms with Gasteiger partial charge in [0, 0.05) is 19.2 Å². The van der Waals surface area contributed by atoms with Crippen LogP contribution in [0.25, 0.3) is 0 Å². The molecule has 4 nitrogen and oxygen atoms in total. The molecule has 1 aromatic carbocycles. The molecular formula is C14H22N2O2S2. The number of sulfonamides is 1. The minimum atomic E-state index is -3.31. The Kier molecular flexibility index (Phi) is 5.29. The van der Waals surface area contributed by atoms with Crippen LogP contribution in [0.4, 0.5) is 0 Å². The van der Waals surface area contributed by atoms with E-state index in [1.165, 1.54) is 4.31 Å². The fourth-order valence-electron chi connectivity index (χ4n) is 1.85. The number of nitrogens with two attached hydrogens (primary N) is 1. The lowest BCUT2D eigenvalue weighted by atomic mass is 9.97. The van der Waals surface area contributed by atoms with E-state index in [1.54, 1.807) is 31.3 Å². The number of thiocarbonyl (C=S) groups is 1. The third kappa shape index (κ3) is 5.19. The molecule has 0 amide bonds. The summed E-state index contributed by atoms with van der Waals surface area (Å²) in [6, 6.07) is 6.99. The van der Waals surface area contributed by atoms with Crippen molar-refractivity contribution >= 4 is 27.2 Å². The van der Waals surface area contributed by atoms with Crippen molar-refractivity contribution in [1.29, 1.82) is 0 Å². The summed E-state index contributed by atoms with van der Waals surface area (Å²) in [4.78, 5) is 0.309. The van der Waals surface area contributed by atoms with Crippen molar-refractivity contribution < 1.29 is 8.42 Å². The Bertz CT molecular complexity index is 572. The van der Waals surface area contributed by atoms with Gasteiger partial charge in [0.1, 0.15) is 4.99 Å². The minimum Gasteiger partial charge on any atom is -0.389 e. The molecule has 0 aliphatic carbocycles. The van der Waals surface area contributed by atoms with Crippen molar-refractivity contribution in [3.8, 4) is 0 Å². The third-order valence-electron chi connectivity index (χ3n) is 2.76. The largest absolute Gasteiger partial charge is 0.389 e. The highest BCUT2D eigenvalue weighted by molar-refractivity contribution is 7.88. The van der Waals surface area contributed by atoms with E-state index in [0.29, 0.717) is 11.5 Å². The first-order valence-electron chi connectivity index (χ1n) is 6.34. The second kappa shape index (κ2) is 6.20. The van der Waals surface area contributed by atoms with Crippen molar-refractivity contribution in [3.63, 3.8) is 0 Å². The summed E-state index contributed by atoms with van der Waals surface area (Å²) in [5.74, 6) is -0.0167. The van der Waals surface area contributed by atoms with Gasteiger partial charge < -0.3 is 5.73 Å². The van der Waals surface area contributed by atoms with Gasteiger partial charge in [0.25, 0.3) is 0 Å². The average molecular weight is 314 g/mol. The molecule has 0 aromatic heterocycles. The van der Waals surface area contributed by atoms with Crippen LogP contribution in [0.3, 0.4) is 0 Å². The van der Waals surface area contributed by atoms with Gasteiger partial charge in [0.05, 0.1) is 5.75 Å². The molecule has 0 spiro atoms. The molecule has 1 rings (SSSR count). The molecule has 20 heavy (non-hydrogen) atoms. The van der Waals surface area contributed by atoms with Gasteiger partial charge in [-0.3, -0.25) is 0 Å². The summed E-state index contributed by atoms with van der Waals surface area (Å²) in [6.07, 6.45) is 0. The van der Waals surface area contributed by atoms with Crippen LogP contribution in [-0.2, 0) is 15.8 Å². The van der Waals surface area contributed by atoms with Crippen molar-refractivity contribution in [3.05, 3.63) is 35.4 Å². The highest BCUT2D eigenvalue weighted by Crippen LogP contribution is 2.18. The second-order valence-corrected chi connectivity index (χ2v) is 8.65.